The average Bonchev–Trinajstić information content (AvgIpc) is 3.62. The molecule has 292 valence electrons. The third-order valence-corrected chi connectivity index (χ3v) is 16.3. The number of hydrogen-bond donors (Lipinski definition) is 0. The van der Waals surface area contributed by atoms with Crippen molar-refractivity contribution in [1.82, 2.24) is 0 Å². The molecule has 0 amide bonds. The van der Waals surface area contributed by atoms with Crippen molar-refractivity contribution in [2.75, 3.05) is 18.3 Å². The monoisotopic (exact) mass is 768 g/mol. The highest BCUT2D eigenvalue weighted by Crippen LogP contribution is 2.62. The molecule has 0 unspecified atom stereocenters. The van der Waals surface area contributed by atoms with E-state index in [1.807, 2.05) is 0 Å². The van der Waals surface area contributed by atoms with E-state index < -0.39 is 8.72 Å². The van der Waals surface area contributed by atoms with Gasteiger partial charge in [-0.15, -0.1) is 0 Å². The van der Waals surface area contributed by atoms with Crippen LogP contribution < -0.4 is 18.3 Å². The molecule has 6 aromatic carbocycles. The Bertz CT molecular complexity index is 2040. The molecule has 2 aliphatic heterocycles. The van der Waals surface area contributed by atoms with Gasteiger partial charge in [-0.25, -0.2) is 0 Å². The zero-order chi connectivity index (χ0) is 40.7. The number of rotatable bonds is 4. The topological polar surface area (TPSA) is 13.0 Å². The van der Waals surface area contributed by atoms with Crippen LogP contribution in [0.3, 0.4) is 0 Å². The van der Waals surface area contributed by atoms with Crippen molar-refractivity contribution in [3.8, 4) is 0 Å². The van der Waals surface area contributed by atoms with E-state index in [0.29, 0.717) is 0 Å². The lowest BCUT2D eigenvalue weighted by Gasteiger charge is -2.49. The summed E-state index contributed by atoms with van der Waals surface area (Å²) >= 11 is 0. The quantitative estimate of drug-likeness (QED) is 0.166. The smallest absolute Gasteiger partial charge is 0.314 e. The summed E-state index contributed by atoms with van der Waals surface area (Å²) < 4.78 is 10.9. The summed E-state index contributed by atoms with van der Waals surface area (Å²) in [6.45, 7) is 27.6. The highest BCUT2D eigenvalue weighted by Gasteiger charge is 2.69. The first kappa shape index (κ1) is 38.6. The molecule has 5 heteroatoms. The first-order valence-corrected chi connectivity index (χ1v) is 22.4. The fourth-order valence-corrected chi connectivity index (χ4v) is 13.9. The summed E-state index contributed by atoms with van der Waals surface area (Å²) in [4.78, 5) is 0. The second kappa shape index (κ2) is 13.4. The highest BCUT2D eigenvalue weighted by atomic mass is 28.4. The van der Waals surface area contributed by atoms with Gasteiger partial charge in [0.2, 0.25) is 0 Å². The minimum atomic E-state index is -3.48. The number of para-hydroxylation sites is 4. The van der Waals surface area contributed by atoms with Crippen LogP contribution in [-0.2, 0) is 21.7 Å². The van der Waals surface area contributed by atoms with Crippen molar-refractivity contribution in [1.29, 1.82) is 0 Å². The van der Waals surface area contributed by atoms with E-state index in [1.54, 1.807) is 0 Å². The SMILES string of the molecule is CC(C)(C)c1ccc(N2c3ccccc3N(c3ccc(C(C)(C)C)cc3)[Si]23N(c2ccc(C(C)(C)C)cc2)c2ccccc2N3c2ccc(C(C)(C)C)cc2)cc1. The predicted octanol–water partition coefficient (Wildman–Crippen LogP) is 14.6. The molecule has 2 aliphatic rings. The zero-order valence-corrected chi connectivity index (χ0v) is 37.1. The first-order chi connectivity index (χ1) is 26.8. The molecular weight excluding hydrogens is 709 g/mol. The van der Waals surface area contributed by atoms with Crippen LogP contribution in [0.4, 0.5) is 45.5 Å². The normalized spacial score (nSPS) is 15.4. The van der Waals surface area contributed by atoms with E-state index in [-0.39, 0.29) is 21.7 Å². The number of fused-ring (bicyclic) bond motifs is 2. The van der Waals surface area contributed by atoms with E-state index >= 15 is 0 Å². The van der Waals surface area contributed by atoms with Crippen molar-refractivity contribution < 1.29 is 0 Å². The molecule has 0 saturated carbocycles. The van der Waals surface area contributed by atoms with Crippen LogP contribution in [0.15, 0.2) is 146 Å². The van der Waals surface area contributed by atoms with Crippen molar-refractivity contribution in [2.45, 2.75) is 105 Å². The van der Waals surface area contributed by atoms with Gasteiger partial charge in [0.25, 0.3) is 0 Å². The van der Waals surface area contributed by atoms with Crippen molar-refractivity contribution in [3.63, 3.8) is 0 Å². The molecule has 0 N–H and O–H groups in total. The maximum Gasteiger partial charge on any atom is 0.521 e. The Morgan fingerprint density at radius 2 is 0.439 bits per heavy atom. The first-order valence-electron chi connectivity index (χ1n) is 20.6. The van der Waals surface area contributed by atoms with Crippen molar-refractivity contribution in [2.24, 2.45) is 0 Å². The van der Waals surface area contributed by atoms with Crippen LogP contribution >= 0.6 is 0 Å². The lowest BCUT2D eigenvalue weighted by Crippen LogP contribution is -2.76. The Morgan fingerprint density at radius 1 is 0.263 bits per heavy atom. The van der Waals surface area contributed by atoms with Crippen LogP contribution in [-0.4, -0.2) is 8.72 Å². The summed E-state index contributed by atoms with van der Waals surface area (Å²) in [7, 11) is -3.48. The standard InChI is InChI=1S/C52H60N4Si/c1-49(2,3)37-21-29-41(30-22-37)53-45-17-13-14-18-46(45)54(42-31-23-38(24-32-42)50(4,5)6)57(53)55(43-33-25-39(26-34-43)51(7,8)9)47-19-15-16-20-48(47)56(57)44-35-27-40(28-36-44)52(10,11)12/h13-36H,1-12H3. The number of nitrogens with zero attached hydrogens (tertiary/aromatic N) is 4. The van der Waals surface area contributed by atoms with E-state index in [1.165, 1.54) is 67.8 Å². The van der Waals surface area contributed by atoms with E-state index in [2.05, 4.69) is 247 Å². The minimum Gasteiger partial charge on any atom is -0.314 e. The number of benzene rings is 6. The van der Waals surface area contributed by atoms with Gasteiger partial charge in [0.1, 0.15) is 0 Å². The fourth-order valence-electron chi connectivity index (χ4n) is 8.62. The van der Waals surface area contributed by atoms with E-state index in [0.717, 1.165) is 0 Å². The van der Waals surface area contributed by atoms with Crippen LogP contribution in [0, 0.1) is 0 Å². The summed E-state index contributed by atoms with van der Waals surface area (Å²) in [5, 5.41) is 0. The Hall–Kier alpha value is -5.26. The molecule has 0 radical (unpaired) electrons. The van der Waals surface area contributed by atoms with Gasteiger partial charge in [-0.2, -0.15) is 0 Å². The molecule has 57 heavy (non-hydrogen) atoms. The molecule has 0 atom stereocenters. The van der Waals surface area contributed by atoms with Gasteiger partial charge < -0.3 is 18.3 Å². The van der Waals surface area contributed by atoms with Crippen LogP contribution in [0.5, 0.6) is 0 Å². The molecule has 2 heterocycles. The molecule has 0 saturated heterocycles. The highest BCUT2D eigenvalue weighted by molar-refractivity contribution is 6.99. The van der Waals surface area contributed by atoms with E-state index in [4.69, 9.17) is 0 Å². The van der Waals surface area contributed by atoms with Gasteiger partial charge in [-0.3, -0.25) is 0 Å². The zero-order valence-electron chi connectivity index (χ0n) is 36.1. The van der Waals surface area contributed by atoms with Crippen LogP contribution in [0.25, 0.3) is 0 Å². The van der Waals surface area contributed by atoms with Gasteiger partial charge >= 0.3 is 8.72 Å². The molecule has 0 fully saturated rings. The van der Waals surface area contributed by atoms with Gasteiger partial charge in [-0.05, 0) is 117 Å². The Kier molecular flexibility index (Phi) is 9.08. The van der Waals surface area contributed by atoms with E-state index in [9.17, 15) is 0 Å². The molecule has 1 spiro atoms. The van der Waals surface area contributed by atoms with Crippen molar-refractivity contribution >= 4 is 54.2 Å². The second-order valence-electron chi connectivity index (χ2n) is 20.1. The van der Waals surface area contributed by atoms with Gasteiger partial charge in [0.15, 0.2) is 0 Å². The second-order valence-corrected chi connectivity index (χ2v) is 23.1. The molecule has 8 rings (SSSR count). The number of anilines is 8. The average molecular weight is 769 g/mol. The summed E-state index contributed by atoms with van der Waals surface area (Å²) in [5.74, 6) is 0. The number of hydrogen-bond acceptors (Lipinski definition) is 4. The molecule has 0 aliphatic carbocycles. The predicted molar refractivity (Wildman–Crippen MR) is 248 cm³/mol. The maximum atomic E-state index is 2.72. The molecule has 0 bridgehead atoms. The molecular formula is C52H60N4Si. The third-order valence-electron chi connectivity index (χ3n) is 11.9. The largest absolute Gasteiger partial charge is 0.521 e. The van der Waals surface area contributed by atoms with Crippen LogP contribution in [0.2, 0.25) is 0 Å². The fraction of sp³-hybridized carbons (Fsp3) is 0.308. The molecule has 0 aromatic heterocycles. The lowest BCUT2D eigenvalue weighted by atomic mass is 9.87. The molecule has 6 aromatic rings. The Morgan fingerprint density at radius 3 is 0.596 bits per heavy atom. The van der Waals surface area contributed by atoms with Gasteiger partial charge in [-0.1, -0.05) is 156 Å². The maximum absolute atomic E-state index is 3.48. The summed E-state index contributed by atoms with van der Waals surface area (Å²) in [5.41, 5.74) is 14.9. The van der Waals surface area contributed by atoms with Crippen molar-refractivity contribution in [3.05, 3.63) is 168 Å². The lowest BCUT2D eigenvalue weighted by molar-refractivity contribution is 0.590. The van der Waals surface area contributed by atoms with Crippen LogP contribution in [0.1, 0.15) is 105 Å². The van der Waals surface area contributed by atoms with Gasteiger partial charge in [0, 0.05) is 22.7 Å². The summed E-state index contributed by atoms with van der Waals surface area (Å²) in [6.07, 6.45) is 0. The molecule has 4 nitrogen and oxygen atoms in total. The summed E-state index contributed by atoms with van der Waals surface area (Å²) in [6, 6.07) is 55.8. The Labute approximate surface area is 343 Å². The minimum absolute atomic E-state index is 0.0304. The Balaban J connectivity index is 1.51. The third kappa shape index (κ3) is 6.45. The van der Waals surface area contributed by atoms with Gasteiger partial charge in [0.05, 0.1) is 22.7 Å².